The lowest BCUT2D eigenvalue weighted by atomic mass is 10.1. The Morgan fingerprint density at radius 1 is 1.38 bits per heavy atom. The first-order chi connectivity index (χ1) is 9.58. The number of carbonyl (C=O) groups is 2. The Labute approximate surface area is 129 Å². The van der Waals surface area contributed by atoms with E-state index in [1.54, 1.807) is 0 Å². The number of hydrogen-bond donors (Lipinski definition) is 2. The molecule has 6 nitrogen and oxygen atoms in total. The van der Waals surface area contributed by atoms with Gasteiger partial charge in [-0.2, -0.15) is 0 Å². The average molecular weight is 315 g/mol. The number of benzene rings is 1. The number of aliphatic carboxylic acids is 1. The van der Waals surface area contributed by atoms with E-state index < -0.39 is 18.1 Å². The van der Waals surface area contributed by atoms with Gasteiger partial charge in [0.15, 0.2) is 0 Å². The molecule has 1 fully saturated rings. The zero-order valence-corrected chi connectivity index (χ0v) is 12.5. The molecule has 0 aliphatic carbocycles. The first-order valence-corrected chi connectivity index (χ1v) is 6.51. The van der Waals surface area contributed by atoms with Gasteiger partial charge in [0.25, 0.3) is 0 Å². The molecule has 0 radical (unpaired) electrons. The number of carboxylic acid groups (broad SMARTS) is 1. The molecule has 1 saturated heterocycles. The van der Waals surface area contributed by atoms with E-state index in [0.717, 1.165) is 5.56 Å². The fourth-order valence-electron chi connectivity index (χ4n) is 2.13. The smallest absolute Gasteiger partial charge is 0.410 e. The molecule has 7 heteroatoms. The Balaban J connectivity index is 0.00000220. The first-order valence-electron chi connectivity index (χ1n) is 6.51. The van der Waals surface area contributed by atoms with Crippen molar-refractivity contribution >= 4 is 24.5 Å². The second-order valence-electron chi connectivity index (χ2n) is 4.86. The van der Waals surface area contributed by atoms with Crippen molar-refractivity contribution in [1.82, 2.24) is 10.2 Å². The normalized spacial score (nSPS) is 21.3. The van der Waals surface area contributed by atoms with E-state index in [9.17, 15) is 9.59 Å². The fraction of sp³-hybridized carbons (Fsp3) is 0.429. The van der Waals surface area contributed by atoms with Crippen molar-refractivity contribution in [2.75, 3.05) is 13.1 Å². The van der Waals surface area contributed by atoms with Crippen molar-refractivity contribution in [3.63, 3.8) is 0 Å². The Bertz CT molecular complexity index is 483. The van der Waals surface area contributed by atoms with E-state index in [1.807, 2.05) is 37.3 Å². The van der Waals surface area contributed by atoms with Crippen molar-refractivity contribution in [1.29, 1.82) is 0 Å². The summed E-state index contributed by atoms with van der Waals surface area (Å²) in [7, 11) is 0. The number of piperazine rings is 1. The Morgan fingerprint density at radius 3 is 2.67 bits per heavy atom. The molecule has 0 spiro atoms. The highest BCUT2D eigenvalue weighted by atomic mass is 35.5. The van der Waals surface area contributed by atoms with Crippen LogP contribution in [0.3, 0.4) is 0 Å². The van der Waals surface area contributed by atoms with Gasteiger partial charge in [-0.1, -0.05) is 30.3 Å². The standard InChI is InChI=1S/C14H18N2O4.ClH/c1-10-8-16(12(7-15-10)13(17)18)14(19)20-9-11-5-3-2-4-6-11;/h2-6,10,12,15H,7-9H2,1H3,(H,17,18);1H/t10-,12-;/m1./s1. The van der Waals surface area contributed by atoms with E-state index >= 15 is 0 Å². The largest absolute Gasteiger partial charge is 0.480 e. The summed E-state index contributed by atoms with van der Waals surface area (Å²) in [5.41, 5.74) is 0.871. The molecule has 1 aromatic rings. The van der Waals surface area contributed by atoms with Crippen LogP contribution in [0, 0.1) is 0 Å². The minimum atomic E-state index is -1.03. The molecular formula is C14H19ClN2O4. The fourth-order valence-corrected chi connectivity index (χ4v) is 2.13. The minimum absolute atomic E-state index is 0. The van der Waals surface area contributed by atoms with Crippen LogP contribution in [0.1, 0.15) is 12.5 Å². The van der Waals surface area contributed by atoms with Crippen LogP contribution in [-0.4, -0.2) is 47.2 Å². The van der Waals surface area contributed by atoms with Crippen molar-refractivity contribution in [2.24, 2.45) is 0 Å². The molecule has 1 aliphatic heterocycles. The molecule has 0 unspecified atom stereocenters. The minimum Gasteiger partial charge on any atom is -0.480 e. The van der Waals surface area contributed by atoms with Gasteiger partial charge < -0.3 is 15.2 Å². The van der Waals surface area contributed by atoms with Gasteiger partial charge in [0.1, 0.15) is 12.6 Å². The zero-order chi connectivity index (χ0) is 14.5. The van der Waals surface area contributed by atoms with E-state index in [0.29, 0.717) is 6.54 Å². The number of hydrogen-bond acceptors (Lipinski definition) is 4. The highest BCUT2D eigenvalue weighted by Gasteiger charge is 2.35. The topological polar surface area (TPSA) is 78.9 Å². The van der Waals surface area contributed by atoms with Crippen molar-refractivity contribution in [3.05, 3.63) is 35.9 Å². The second-order valence-corrected chi connectivity index (χ2v) is 4.86. The third-order valence-electron chi connectivity index (χ3n) is 3.23. The van der Waals surface area contributed by atoms with Gasteiger partial charge in [0.05, 0.1) is 0 Å². The number of nitrogens with zero attached hydrogens (tertiary/aromatic N) is 1. The summed E-state index contributed by atoms with van der Waals surface area (Å²) in [6.45, 7) is 2.60. The summed E-state index contributed by atoms with van der Waals surface area (Å²) < 4.78 is 5.19. The van der Waals surface area contributed by atoms with Crippen LogP contribution in [-0.2, 0) is 16.1 Å². The third-order valence-corrected chi connectivity index (χ3v) is 3.23. The quantitative estimate of drug-likeness (QED) is 0.884. The summed E-state index contributed by atoms with van der Waals surface area (Å²) in [5, 5.41) is 12.2. The summed E-state index contributed by atoms with van der Waals surface area (Å²) in [6.07, 6.45) is -0.588. The molecule has 0 saturated carbocycles. The number of halogens is 1. The van der Waals surface area contributed by atoms with Crippen LogP contribution in [0.15, 0.2) is 30.3 Å². The van der Waals surface area contributed by atoms with E-state index in [1.165, 1.54) is 4.90 Å². The number of carboxylic acids is 1. The lowest BCUT2D eigenvalue weighted by Crippen LogP contribution is -2.60. The van der Waals surface area contributed by atoms with Crippen molar-refractivity contribution < 1.29 is 19.4 Å². The molecule has 2 N–H and O–H groups in total. The number of rotatable bonds is 3. The summed E-state index contributed by atoms with van der Waals surface area (Å²) >= 11 is 0. The van der Waals surface area contributed by atoms with Gasteiger partial charge in [-0.05, 0) is 12.5 Å². The Morgan fingerprint density at radius 2 is 2.05 bits per heavy atom. The maximum atomic E-state index is 12.0. The van der Waals surface area contributed by atoms with Crippen LogP contribution in [0.4, 0.5) is 4.79 Å². The van der Waals surface area contributed by atoms with Crippen LogP contribution < -0.4 is 5.32 Å². The number of nitrogens with one attached hydrogen (secondary N) is 1. The van der Waals surface area contributed by atoms with E-state index in [4.69, 9.17) is 9.84 Å². The van der Waals surface area contributed by atoms with Gasteiger partial charge in [0, 0.05) is 19.1 Å². The van der Waals surface area contributed by atoms with Gasteiger partial charge in [-0.25, -0.2) is 9.59 Å². The molecule has 1 aliphatic rings. The predicted octanol–water partition coefficient (Wildman–Crippen LogP) is 1.49. The van der Waals surface area contributed by atoms with Gasteiger partial charge >= 0.3 is 12.1 Å². The lowest BCUT2D eigenvalue weighted by molar-refractivity contribution is -0.143. The summed E-state index contributed by atoms with van der Waals surface area (Å²) in [6, 6.07) is 8.46. The predicted molar refractivity (Wildman–Crippen MR) is 79.5 cm³/mol. The van der Waals surface area contributed by atoms with Crippen LogP contribution in [0.25, 0.3) is 0 Å². The third kappa shape index (κ3) is 4.61. The number of ether oxygens (including phenoxy) is 1. The maximum absolute atomic E-state index is 12.0. The molecule has 21 heavy (non-hydrogen) atoms. The van der Waals surface area contributed by atoms with Crippen LogP contribution >= 0.6 is 12.4 Å². The Hall–Kier alpha value is -1.79. The van der Waals surface area contributed by atoms with Gasteiger partial charge in [-0.15, -0.1) is 12.4 Å². The Kier molecular flexibility index (Phi) is 6.45. The zero-order valence-electron chi connectivity index (χ0n) is 11.7. The molecular weight excluding hydrogens is 296 g/mol. The maximum Gasteiger partial charge on any atom is 0.410 e. The molecule has 116 valence electrons. The molecule has 2 rings (SSSR count). The van der Waals surface area contributed by atoms with Crippen LogP contribution in [0.5, 0.6) is 0 Å². The molecule has 1 amide bonds. The molecule has 0 bridgehead atoms. The highest BCUT2D eigenvalue weighted by Crippen LogP contribution is 2.11. The lowest BCUT2D eigenvalue weighted by Gasteiger charge is -2.36. The van der Waals surface area contributed by atoms with Crippen molar-refractivity contribution in [2.45, 2.75) is 25.6 Å². The second kappa shape index (κ2) is 7.85. The van der Waals surface area contributed by atoms with Crippen LogP contribution in [0.2, 0.25) is 0 Å². The number of amides is 1. The first kappa shape index (κ1) is 17.3. The summed E-state index contributed by atoms with van der Waals surface area (Å²) in [4.78, 5) is 24.5. The van der Waals surface area contributed by atoms with E-state index in [-0.39, 0.29) is 31.6 Å². The van der Waals surface area contributed by atoms with E-state index in [2.05, 4.69) is 5.32 Å². The summed E-state index contributed by atoms with van der Waals surface area (Å²) in [5.74, 6) is -1.03. The van der Waals surface area contributed by atoms with Gasteiger partial charge in [-0.3, -0.25) is 4.90 Å². The number of carbonyl (C=O) groups excluding carboxylic acids is 1. The van der Waals surface area contributed by atoms with Gasteiger partial charge in [0.2, 0.25) is 0 Å². The average Bonchev–Trinajstić information content (AvgIpc) is 2.45. The SMILES string of the molecule is C[C@@H]1CN(C(=O)OCc2ccccc2)[C@@H](C(=O)O)CN1.Cl. The monoisotopic (exact) mass is 314 g/mol. The van der Waals surface area contributed by atoms with Crippen molar-refractivity contribution in [3.8, 4) is 0 Å². The highest BCUT2D eigenvalue weighted by molar-refractivity contribution is 5.85. The molecule has 0 aromatic heterocycles. The molecule has 2 atom stereocenters. The molecule has 1 heterocycles. The molecule has 1 aromatic carbocycles.